The van der Waals surface area contributed by atoms with Crippen molar-refractivity contribution >= 4 is 11.8 Å². The van der Waals surface area contributed by atoms with E-state index in [2.05, 4.69) is 6.92 Å². The molecule has 0 aromatic carbocycles. The van der Waals surface area contributed by atoms with Crippen molar-refractivity contribution in [1.82, 2.24) is 9.80 Å². The molecule has 0 rings (SSSR count). The van der Waals surface area contributed by atoms with Gasteiger partial charge in [-0.05, 0) is 40.5 Å². The zero-order valence-corrected chi connectivity index (χ0v) is 13.5. The molecule has 0 radical (unpaired) electrons. The highest BCUT2D eigenvalue weighted by molar-refractivity contribution is 6.35. The van der Waals surface area contributed by atoms with Gasteiger partial charge >= 0.3 is 11.8 Å². The highest BCUT2D eigenvalue weighted by Gasteiger charge is 2.32. The van der Waals surface area contributed by atoms with E-state index in [0.717, 1.165) is 19.3 Å². The lowest BCUT2D eigenvalue weighted by Gasteiger charge is -2.35. The molecule has 0 N–H and O–H groups in total. The van der Waals surface area contributed by atoms with Crippen LogP contribution in [0.25, 0.3) is 0 Å². The van der Waals surface area contributed by atoms with Gasteiger partial charge in [0, 0.05) is 25.2 Å². The molecule has 4 nitrogen and oxygen atoms in total. The Hall–Kier alpha value is -1.06. The summed E-state index contributed by atoms with van der Waals surface area (Å²) in [5.41, 5.74) is -0.315. The van der Waals surface area contributed by atoms with Gasteiger partial charge in [0.15, 0.2) is 0 Å². The molecule has 2 amide bonds. The van der Waals surface area contributed by atoms with E-state index in [-0.39, 0.29) is 17.4 Å². The highest BCUT2D eigenvalue weighted by Crippen LogP contribution is 2.14. The molecular formula is C15H30N2O2. The van der Waals surface area contributed by atoms with E-state index in [9.17, 15) is 9.59 Å². The first-order valence-corrected chi connectivity index (χ1v) is 7.40. The SMILES string of the molecule is CCCCN(CCC)C(=O)C(=O)N(CC)C(C)(C)C. The average Bonchev–Trinajstić information content (AvgIpc) is 2.32. The van der Waals surface area contributed by atoms with Crippen LogP contribution in [0.2, 0.25) is 0 Å². The summed E-state index contributed by atoms with van der Waals surface area (Å²) in [7, 11) is 0. The summed E-state index contributed by atoms with van der Waals surface area (Å²) in [6.07, 6.45) is 2.85. The largest absolute Gasteiger partial charge is 0.334 e. The van der Waals surface area contributed by atoms with Gasteiger partial charge in [0.05, 0.1) is 0 Å². The van der Waals surface area contributed by atoms with Crippen LogP contribution in [0, 0.1) is 0 Å². The molecular weight excluding hydrogens is 240 g/mol. The van der Waals surface area contributed by atoms with Gasteiger partial charge in [-0.15, -0.1) is 0 Å². The Morgan fingerprint density at radius 3 is 1.84 bits per heavy atom. The Labute approximate surface area is 118 Å². The van der Waals surface area contributed by atoms with Gasteiger partial charge in [-0.25, -0.2) is 0 Å². The number of unbranched alkanes of at least 4 members (excludes halogenated alkanes) is 1. The Kier molecular flexibility index (Phi) is 7.72. The number of carbonyl (C=O) groups is 2. The fraction of sp³-hybridized carbons (Fsp3) is 0.867. The van der Waals surface area contributed by atoms with Gasteiger partial charge < -0.3 is 9.80 Å². The number of likely N-dealkylation sites (N-methyl/N-ethyl adjacent to an activating group) is 1. The van der Waals surface area contributed by atoms with E-state index < -0.39 is 0 Å². The predicted molar refractivity (Wildman–Crippen MR) is 78.9 cm³/mol. The van der Waals surface area contributed by atoms with E-state index in [1.54, 1.807) is 9.80 Å². The normalized spacial score (nSPS) is 11.3. The van der Waals surface area contributed by atoms with Crippen molar-refractivity contribution in [3.63, 3.8) is 0 Å². The Balaban J connectivity index is 4.86. The van der Waals surface area contributed by atoms with Gasteiger partial charge in [0.1, 0.15) is 0 Å². The molecule has 0 aromatic rings. The Bertz CT molecular complexity index is 295. The number of carbonyl (C=O) groups excluding carboxylic acids is 2. The summed E-state index contributed by atoms with van der Waals surface area (Å²) < 4.78 is 0. The molecule has 0 unspecified atom stereocenters. The van der Waals surface area contributed by atoms with Crippen molar-refractivity contribution in [1.29, 1.82) is 0 Å². The summed E-state index contributed by atoms with van der Waals surface area (Å²) in [5, 5.41) is 0. The quantitative estimate of drug-likeness (QED) is 0.696. The standard InChI is InChI=1S/C15H30N2O2/c1-7-10-12-16(11-8-2)13(18)14(19)17(9-3)15(4,5)6/h7-12H2,1-6H3. The minimum atomic E-state index is -0.375. The van der Waals surface area contributed by atoms with Crippen molar-refractivity contribution in [3.8, 4) is 0 Å². The van der Waals surface area contributed by atoms with E-state index in [1.807, 2.05) is 34.6 Å². The van der Waals surface area contributed by atoms with Crippen molar-refractivity contribution < 1.29 is 9.59 Å². The van der Waals surface area contributed by atoms with Crippen LogP contribution in [0.1, 0.15) is 60.8 Å². The molecule has 112 valence electrons. The van der Waals surface area contributed by atoms with Crippen molar-refractivity contribution in [3.05, 3.63) is 0 Å². The lowest BCUT2D eigenvalue weighted by Crippen LogP contribution is -2.52. The van der Waals surface area contributed by atoms with Crippen LogP contribution in [0.15, 0.2) is 0 Å². The summed E-state index contributed by atoms with van der Waals surface area (Å²) >= 11 is 0. The molecule has 0 aliphatic carbocycles. The molecule has 0 aliphatic rings. The van der Waals surface area contributed by atoms with Crippen molar-refractivity contribution in [2.45, 2.75) is 66.3 Å². The fourth-order valence-corrected chi connectivity index (χ4v) is 2.11. The number of hydrogen-bond donors (Lipinski definition) is 0. The maximum Gasteiger partial charge on any atom is 0.312 e. The van der Waals surface area contributed by atoms with Crippen molar-refractivity contribution in [2.24, 2.45) is 0 Å². The van der Waals surface area contributed by atoms with E-state index in [4.69, 9.17) is 0 Å². The summed E-state index contributed by atoms with van der Waals surface area (Å²) in [5.74, 6) is -0.730. The Morgan fingerprint density at radius 2 is 1.47 bits per heavy atom. The van der Waals surface area contributed by atoms with Crippen molar-refractivity contribution in [2.75, 3.05) is 19.6 Å². The second-order valence-corrected chi connectivity index (χ2v) is 5.87. The molecule has 0 atom stereocenters. The predicted octanol–water partition coefficient (Wildman–Crippen LogP) is 2.67. The fourth-order valence-electron chi connectivity index (χ4n) is 2.11. The first-order valence-electron chi connectivity index (χ1n) is 7.40. The number of amides is 2. The topological polar surface area (TPSA) is 40.6 Å². The number of rotatable bonds is 6. The molecule has 0 fully saturated rings. The van der Waals surface area contributed by atoms with Gasteiger partial charge in [0.2, 0.25) is 0 Å². The molecule has 0 heterocycles. The lowest BCUT2D eigenvalue weighted by molar-refractivity contribution is -0.154. The van der Waals surface area contributed by atoms with E-state index in [0.29, 0.717) is 19.6 Å². The minimum Gasteiger partial charge on any atom is -0.334 e. The van der Waals surface area contributed by atoms with Crippen LogP contribution < -0.4 is 0 Å². The van der Waals surface area contributed by atoms with Gasteiger partial charge in [-0.2, -0.15) is 0 Å². The van der Waals surface area contributed by atoms with Gasteiger partial charge in [-0.3, -0.25) is 9.59 Å². The third-order valence-corrected chi connectivity index (χ3v) is 3.12. The first-order chi connectivity index (χ1) is 8.79. The number of hydrogen-bond acceptors (Lipinski definition) is 2. The monoisotopic (exact) mass is 270 g/mol. The number of nitrogens with zero attached hydrogens (tertiary/aromatic N) is 2. The maximum atomic E-state index is 12.3. The highest BCUT2D eigenvalue weighted by atomic mass is 16.2. The van der Waals surface area contributed by atoms with Crippen LogP contribution in [0.3, 0.4) is 0 Å². The second kappa shape index (κ2) is 8.18. The third-order valence-electron chi connectivity index (χ3n) is 3.12. The van der Waals surface area contributed by atoms with Gasteiger partial charge in [0.25, 0.3) is 0 Å². The van der Waals surface area contributed by atoms with E-state index in [1.165, 1.54) is 0 Å². The maximum absolute atomic E-state index is 12.3. The second-order valence-electron chi connectivity index (χ2n) is 5.87. The summed E-state index contributed by atoms with van der Waals surface area (Å²) in [4.78, 5) is 28.0. The van der Waals surface area contributed by atoms with Crippen LogP contribution in [0.4, 0.5) is 0 Å². The summed E-state index contributed by atoms with van der Waals surface area (Å²) in [6, 6.07) is 0. The van der Waals surface area contributed by atoms with Crippen LogP contribution in [0.5, 0.6) is 0 Å². The average molecular weight is 270 g/mol. The van der Waals surface area contributed by atoms with E-state index >= 15 is 0 Å². The molecule has 0 bridgehead atoms. The Morgan fingerprint density at radius 1 is 0.895 bits per heavy atom. The van der Waals surface area contributed by atoms with Crippen LogP contribution in [-0.2, 0) is 9.59 Å². The third kappa shape index (κ3) is 5.62. The molecule has 0 spiro atoms. The van der Waals surface area contributed by atoms with Crippen LogP contribution >= 0.6 is 0 Å². The molecule has 4 heteroatoms. The zero-order chi connectivity index (χ0) is 15.1. The van der Waals surface area contributed by atoms with Gasteiger partial charge in [-0.1, -0.05) is 20.3 Å². The minimum absolute atomic E-state index is 0.315. The lowest BCUT2D eigenvalue weighted by atomic mass is 10.1. The molecule has 0 aliphatic heterocycles. The smallest absolute Gasteiger partial charge is 0.312 e. The molecule has 0 aromatic heterocycles. The summed E-state index contributed by atoms with van der Waals surface area (Å²) in [6.45, 7) is 13.8. The van der Waals surface area contributed by atoms with Crippen LogP contribution in [-0.4, -0.2) is 46.8 Å². The zero-order valence-electron chi connectivity index (χ0n) is 13.5. The first kappa shape index (κ1) is 17.9. The molecule has 0 saturated carbocycles. The molecule has 19 heavy (non-hydrogen) atoms. The molecule has 0 saturated heterocycles.